The fraction of sp³-hybridized carbons (Fsp3) is 0.368. The lowest BCUT2D eigenvalue weighted by Gasteiger charge is -2.16. The number of nitrogens with one attached hydrogen (secondary N) is 2. The number of sulfone groups is 1. The second kappa shape index (κ2) is 9.36. The summed E-state index contributed by atoms with van der Waals surface area (Å²) in [6.45, 7) is 4.12. The fourth-order valence-electron chi connectivity index (χ4n) is 2.43. The van der Waals surface area contributed by atoms with Crippen LogP contribution in [0.1, 0.15) is 31.3 Å². The summed E-state index contributed by atoms with van der Waals surface area (Å²) in [6.07, 6.45) is 2.11. The van der Waals surface area contributed by atoms with Gasteiger partial charge in [0.05, 0.1) is 11.2 Å². The Morgan fingerprint density at radius 1 is 1.00 bits per heavy atom. The Hall–Kier alpha value is -2.61. The van der Waals surface area contributed by atoms with Crippen molar-refractivity contribution in [3.8, 4) is 0 Å². The van der Waals surface area contributed by atoms with Crippen LogP contribution in [-0.4, -0.2) is 33.3 Å². The molecule has 8 heteroatoms. The number of rotatable bonds is 8. The highest BCUT2D eigenvalue weighted by atomic mass is 32.2. The highest BCUT2D eigenvalue weighted by Gasteiger charge is 2.32. The van der Waals surface area contributed by atoms with Crippen LogP contribution >= 0.6 is 0 Å². The minimum absolute atomic E-state index is 0.113. The molecule has 0 fully saturated rings. The summed E-state index contributed by atoms with van der Waals surface area (Å²) < 4.78 is 31.2. The Kier molecular flexibility index (Phi) is 7.18. The van der Waals surface area contributed by atoms with E-state index in [1.807, 2.05) is 13.8 Å². The second-order valence-electron chi connectivity index (χ2n) is 6.51. The number of hydrogen-bond donors (Lipinski definition) is 2. The van der Waals surface area contributed by atoms with E-state index in [9.17, 15) is 18.0 Å². The van der Waals surface area contributed by atoms with Gasteiger partial charge < -0.3 is 15.1 Å². The molecule has 0 aliphatic rings. The minimum atomic E-state index is -3.81. The van der Waals surface area contributed by atoms with E-state index < -0.39 is 26.9 Å². The van der Waals surface area contributed by atoms with Crippen molar-refractivity contribution in [2.24, 2.45) is 5.92 Å². The predicted octanol–water partition coefficient (Wildman–Crippen LogP) is 2.07. The Morgan fingerprint density at radius 2 is 1.67 bits per heavy atom. The Morgan fingerprint density at radius 3 is 2.26 bits per heavy atom. The molecule has 2 rings (SSSR count). The van der Waals surface area contributed by atoms with Gasteiger partial charge in [0.15, 0.2) is 9.84 Å². The molecule has 0 aliphatic carbocycles. The van der Waals surface area contributed by atoms with E-state index in [1.165, 1.54) is 24.5 Å². The van der Waals surface area contributed by atoms with Crippen molar-refractivity contribution in [2.45, 2.75) is 30.4 Å². The molecule has 1 atom stereocenters. The van der Waals surface area contributed by atoms with Gasteiger partial charge in [0.2, 0.25) is 0 Å². The van der Waals surface area contributed by atoms with Crippen molar-refractivity contribution >= 4 is 21.7 Å². The van der Waals surface area contributed by atoms with Crippen molar-refractivity contribution < 1.29 is 22.4 Å². The summed E-state index contributed by atoms with van der Waals surface area (Å²) in [6, 6.07) is 11.0. The average molecular weight is 392 g/mol. The largest absolute Gasteiger partial charge is 0.468 e. The summed E-state index contributed by atoms with van der Waals surface area (Å²) in [5, 5.41) is 3.78. The van der Waals surface area contributed by atoms with Gasteiger partial charge in [0, 0.05) is 13.1 Å². The third-order valence-corrected chi connectivity index (χ3v) is 6.05. The quantitative estimate of drug-likeness (QED) is 0.669. The van der Waals surface area contributed by atoms with Crippen LogP contribution < -0.4 is 10.6 Å². The molecule has 0 saturated carbocycles. The molecule has 1 aromatic carbocycles. The highest BCUT2D eigenvalue weighted by molar-refractivity contribution is 7.91. The number of amides is 2. The maximum Gasteiger partial charge on any atom is 0.309 e. The number of carbonyl (C=O) groups is 2. The van der Waals surface area contributed by atoms with Gasteiger partial charge in [-0.3, -0.25) is 9.59 Å². The first-order valence-electron chi connectivity index (χ1n) is 8.70. The van der Waals surface area contributed by atoms with E-state index in [0.717, 1.165) is 6.42 Å². The molecule has 2 N–H and O–H groups in total. The van der Waals surface area contributed by atoms with E-state index >= 15 is 0 Å². The van der Waals surface area contributed by atoms with E-state index in [0.29, 0.717) is 12.5 Å². The second-order valence-corrected chi connectivity index (χ2v) is 8.64. The molecule has 0 aliphatic heterocycles. The molecule has 0 spiro atoms. The molecular weight excluding hydrogens is 368 g/mol. The van der Waals surface area contributed by atoms with Crippen molar-refractivity contribution in [3.05, 3.63) is 54.5 Å². The van der Waals surface area contributed by atoms with E-state index in [4.69, 9.17) is 4.42 Å². The third-order valence-electron chi connectivity index (χ3n) is 3.97. The Labute approximate surface area is 159 Å². The van der Waals surface area contributed by atoms with Crippen molar-refractivity contribution in [1.82, 2.24) is 10.6 Å². The van der Waals surface area contributed by atoms with Crippen LogP contribution in [-0.2, 0) is 19.4 Å². The predicted molar refractivity (Wildman–Crippen MR) is 101 cm³/mol. The van der Waals surface area contributed by atoms with Crippen LogP contribution in [0.25, 0.3) is 0 Å². The zero-order chi connectivity index (χ0) is 19.9. The van der Waals surface area contributed by atoms with Crippen molar-refractivity contribution in [1.29, 1.82) is 0 Å². The maximum absolute atomic E-state index is 12.9. The van der Waals surface area contributed by atoms with Crippen LogP contribution in [0.4, 0.5) is 0 Å². The smallest absolute Gasteiger partial charge is 0.309 e. The third kappa shape index (κ3) is 5.68. The fourth-order valence-corrected chi connectivity index (χ4v) is 4.04. The number of furan rings is 1. The molecule has 7 nitrogen and oxygen atoms in total. The van der Waals surface area contributed by atoms with Crippen molar-refractivity contribution in [3.63, 3.8) is 0 Å². The molecule has 1 aromatic heterocycles. The number of carbonyl (C=O) groups excluding carboxylic acids is 2. The number of hydrogen-bond acceptors (Lipinski definition) is 5. The zero-order valence-corrected chi connectivity index (χ0v) is 16.2. The van der Waals surface area contributed by atoms with Crippen LogP contribution in [0.3, 0.4) is 0 Å². The Balaban J connectivity index is 2.09. The zero-order valence-electron chi connectivity index (χ0n) is 15.3. The minimum Gasteiger partial charge on any atom is -0.468 e. The molecule has 0 saturated heterocycles. The molecule has 0 unspecified atom stereocenters. The van der Waals surface area contributed by atoms with Gasteiger partial charge in [0.1, 0.15) is 11.0 Å². The molecule has 1 heterocycles. The van der Waals surface area contributed by atoms with Crippen LogP contribution in [0.15, 0.2) is 58.0 Å². The normalized spacial score (nSPS) is 12.6. The first-order valence-corrected chi connectivity index (χ1v) is 10.3. The molecule has 0 radical (unpaired) electrons. The SMILES string of the molecule is CC(C)CCNC(=O)C(=O)NC[C@H](c1ccco1)S(=O)(=O)c1ccccc1. The molecule has 2 aromatic rings. The Bertz CT molecular complexity index is 845. The lowest BCUT2D eigenvalue weighted by atomic mass is 10.1. The van der Waals surface area contributed by atoms with Gasteiger partial charge in [-0.25, -0.2) is 8.42 Å². The summed E-state index contributed by atoms with van der Waals surface area (Å²) in [4.78, 5) is 24.0. The van der Waals surface area contributed by atoms with Crippen LogP contribution in [0, 0.1) is 5.92 Å². The average Bonchev–Trinajstić information content (AvgIpc) is 3.16. The molecule has 146 valence electrons. The standard InChI is InChI=1S/C19H24N2O5S/c1-14(2)10-11-20-18(22)19(23)21-13-17(16-9-6-12-26-16)27(24,25)15-7-4-3-5-8-15/h3-9,12,14,17H,10-11,13H2,1-2H3,(H,20,22)(H,21,23)/t17-/m1/s1. The van der Waals surface area contributed by atoms with Gasteiger partial charge in [-0.2, -0.15) is 0 Å². The monoisotopic (exact) mass is 392 g/mol. The van der Waals surface area contributed by atoms with Gasteiger partial charge in [-0.1, -0.05) is 32.0 Å². The topological polar surface area (TPSA) is 105 Å². The molecular formula is C19H24N2O5S. The van der Waals surface area contributed by atoms with Crippen LogP contribution in [0.5, 0.6) is 0 Å². The summed E-state index contributed by atoms with van der Waals surface area (Å²) in [5.41, 5.74) is 0. The molecule has 27 heavy (non-hydrogen) atoms. The summed E-state index contributed by atoms with van der Waals surface area (Å²) >= 11 is 0. The van der Waals surface area contributed by atoms with Crippen LogP contribution in [0.2, 0.25) is 0 Å². The lowest BCUT2D eigenvalue weighted by molar-refractivity contribution is -0.139. The highest BCUT2D eigenvalue weighted by Crippen LogP contribution is 2.28. The summed E-state index contributed by atoms with van der Waals surface area (Å²) in [5.74, 6) is -1.07. The molecule has 0 bridgehead atoms. The van der Waals surface area contributed by atoms with Gasteiger partial charge in [-0.05, 0) is 36.6 Å². The van der Waals surface area contributed by atoms with E-state index in [1.54, 1.807) is 24.3 Å². The number of benzene rings is 1. The lowest BCUT2D eigenvalue weighted by Crippen LogP contribution is -2.42. The van der Waals surface area contributed by atoms with Gasteiger partial charge in [-0.15, -0.1) is 0 Å². The first kappa shape index (κ1) is 20.7. The maximum atomic E-state index is 12.9. The van der Waals surface area contributed by atoms with E-state index in [-0.39, 0.29) is 17.2 Å². The van der Waals surface area contributed by atoms with Crippen molar-refractivity contribution in [2.75, 3.05) is 13.1 Å². The molecule has 2 amide bonds. The van der Waals surface area contributed by atoms with E-state index in [2.05, 4.69) is 10.6 Å². The van der Waals surface area contributed by atoms with Gasteiger partial charge in [0.25, 0.3) is 0 Å². The van der Waals surface area contributed by atoms with Gasteiger partial charge >= 0.3 is 11.8 Å². The summed E-state index contributed by atoms with van der Waals surface area (Å²) in [7, 11) is -3.81. The first-order chi connectivity index (χ1) is 12.8.